The van der Waals surface area contributed by atoms with Gasteiger partial charge in [0.05, 0.1) is 5.52 Å². The van der Waals surface area contributed by atoms with Gasteiger partial charge in [0.2, 0.25) is 5.71 Å². The molecule has 0 saturated carbocycles. The van der Waals surface area contributed by atoms with Gasteiger partial charge in [-0.2, -0.15) is 0 Å². The Morgan fingerprint density at radius 3 is 2.74 bits per heavy atom. The van der Waals surface area contributed by atoms with Crippen LogP contribution in [0.25, 0.3) is 10.9 Å². The lowest BCUT2D eigenvalue weighted by molar-refractivity contribution is -0.112. The maximum absolute atomic E-state index is 13.1. The molecule has 0 radical (unpaired) electrons. The first kappa shape index (κ1) is 24.6. The monoisotopic (exact) mass is 465 g/mol. The number of benzene rings is 1. The third kappa shape index (κ3) is 5.14. The van der Waals surface area contributed by atoms with Gasteiger partial charge < -0.3 is 20.7 Å². The van der Waals surface area contributed by atoms with E-state index in [-0.39, 0.29) is 35.3 Å². The van der Waals surface area contributed by atoms with Gasteiger partial charge in [-0.3, -0.25) is 10.2 Å². The number of nitrogens with one attached hydrogen (secondary N) is 1. The van der Waals surface area contributed by atoms with Crippen LogP contribution in [0.3, 0.4) is 0 Å². The Balaban J connectivity index is 2.01. The van der Waals surface area contributed by atoms with Crippen LogP contribution in [-0.2, 0) is 13.1 Å². The molecule has 178 valence electrons. The maximum Gasteiger partial charge on any atom is 0.256 e. The fraction of sp³-hybridized carbons (Fsp3) is 0.280. The third-order valence-electron chi connectivity index (χ3n) is 5.51. The van der Waals surface area contributed by atoms with E-state index in [0.29, 0.717) is 29.1 Å². The van der Waals surface area contributed by atoms with Crippen molar-refractivity contribution < 1.29 is 14.9 Å². The van der Waals surface area contributed by atoms with Gasteiger partial charge in [0.1, 0.15) is 36.0 Å². The van der Waals surface area contributed by atoms with E-state index in [1.165, 1.54) is 12.4 Å². The van der Waals surface area contributed by atoms with E-state index >= 15 is 0 Å². The van der Waals surface area contributed by atoms with Crippen LogP contribution in [0, 0.1) is 5.92 Å². The number of fused-ring (bicyclic) bond motifs is 1. The lowest BCUT2D eigenvalue weighted by Gasteiger charge is -2.15. The molecule has 0 aliphatic heterocycles. The standard InChI is InChI=1S/C25H29FN6O2/c1-4-32-20-8-6-5-7-16(20)11-17(25(32)34)13-29-24-21(23(28)30-14-31-24)22(27)19(15(2)3)12-18(33)9-10-26/h5-9,11-12,14-15,27,33H,4,10,13H2,1-3H3,(H3,28,29,30,31)/p+1/b18-9+,19-12+,27-22?. The van der Waals surface area contributed by atoms with E-state index in [2.05, 4.69) is 15.3 Å². The van der Waals surface area contributed by atoms with Crippen LogP contribution in [-0.4, -0.2) is 32.0 Å². The van der Waals surface area contributed by atoms with Gasteiger partial charge in [0.25, 0.3) is 5.56 Å². The van der Waals surface area contributed by atoms with Gasteiger partial charge in [-0.25, -0.2) is 14.4 Å². The van der Waals surface area contributed by atoms with Crippen LogP contribution in [0.15, 0.2) is 64.9 Å². The second-order valence-electron chi connectivity index (χ2n) is 8.07. The summed E-state index contributed by atoms with van der Waals surface area (Å²) in [6, 6.07) is 9.56. The predicted molar refractivity (Wildman–Crippen MR) is 133 cm³/mol. The van der Waals surface area contributed by atoms with E-state index < -0.39 is 6.67 Å². The van der Waals surface area contributed by atoms with Crippen molar-refractivity contribution in [2.24, 2.45) is 5.92 Å². The molecule has 3 aromatic rings. The van der Waals surface area contributed by atoms with Gasteiger partial charge in [-0.1, -0.05) is 32.0 Å². The molecule has 6 N–H and O–H groups in total. The van der Waals surface area contributed by atoms with E-state index in [0.717, 1.165) is 17.0 Å². The quantitative estimate of drug-likeness (QED) is 0.218. The van der Waals surface area contributed by atoms with E-state index in [9.17, 15) is 14.3 Å². The molecule has 0 saturated heterocycles. The van der Waals surface area contributed by atoms with Gasteiger partial charge in [0, 0.05) is 24.2 Å². The number of hydrogen-bond donors (Lipinski definition) is 4. The topological polar surface area (TPSA) is 132 Å². The molecule has 1 aromatic carbocycles. The zero-order valence-electron chi connectivity index (χ0n) is 19.5. The van der Waals surface area contributed by atoms with Gasteiger partial charge in [0.15, 0.2) is 0 Å². The van der Waals surface area contributed by atoms with Gasteiger partial charge >= 0.3 is 0 Å². The highest BCUT2D eigenvalue weighted by Crippen LogP contribution is 2.24. The molecule has 0 spiro atoms. The van der Waals surface area contributed by atoms with Crippen molar-refractivity contribution in [3.63, 3.8) is 0 Å². The number of aliphatic hydroxyl groups excluding tert-OH is 1. The molecular weight excluding hydrogens is 435 g/mol. The highest BCUT2D eigenvalue weighted by atomic mass is 19.1. The van der Waals surface area contributed by atoms with E-state index in [1.807, 2.05) is 51.1 Å². The van der Waals surface area contributed by atoms with E-state index in [4.69, 9.17) is 11.1 Å². The average Bonchev–Trinajstić information content (AvgIpc) is 2.81. The molecule has 0 aliphatic carbocycles. The number of alkyl halides is 1. The summed E-state index contributed by atoms with van der Waals surface area (Å²) >= 11 is 0. The normalized spacial score (nSPS) is 12.4. The third-order valence-corrected chi connectivity index (χ3v) is 5.51. The van der Waals surface area contributed by atoms with Crippen LogP contribution < -0.4 is 22.0 Å². The minimum atomic E-state index is -0.807. The zero-order chi connectivity index (χ0) is 24.8. The first-order valence-corrected chi connectivity index (χ1v) is 11.0. The summed E-state index contributed by atoms with van der Waals surface area (Å²) in [6.07, 6.45) is 3.75. The van der Waals surface area contributed by atoms with Gasteiger partial charge in [-0.05, 0) is 42.5 Å². The molecule has 0 fully saturated rings. The van der Waals surface area contributed by atoms with Crippen molar-refractivity contribution in [1.82, 2.24) is 14.5 Å². The van der Waals surface area contributed by atoms with Crippen LogP contribution >= 0.6 is 0 Å². The number of aromatic nitrogens is 3. The first-order chi connectivity index (χ1) is 16.3. The number of nitrogens with zero attached hydrogens (tertiary/aromatic N) is 3. The summed E-state index contributed by atoms with van der Waals surface area (Å²) in [6.45, 7) is 5.62. The number of nitrogens with two attached hydrogens (primary N) is 2. The fourth-order valence-electron chi connectivity index (χ4n) is 3.80. The number of pyridine rings is 1. The highest BCUT2D eigenvalue weighted by Gasteiger charge is 2.25. The number of para-hydroxylation sites is 1. The number of aliphatic hydroxyl groups is 1. The number of hydrogen-bond acceptors (Lipinski definition) is 6. The van der Waals surface area contributed by atoms with Crippen molar-refractivity contribution in [3.8, 4) is 0 Å². The molecule has 0 aliphatic rings. The first-order valence-electron chi connectivity index (χ1n) is 11.0. The Bertz CT molecular complexity index is 1330. The molecule has 3 rings (SSSR count). The number of rotatable bonds is 9. The van der Waals surface area contributed by atoms with E-state index in [1.54, 1.807) is 4.57 Å². The molecule has 0 atom stereocenters. The Kier molecular flexibility index (Phi) is 7.78. The molecule has 34 heavy (non-hydrogen) atoms. The number of aryl methyl sites for hydroxylation is 1. The van der Waals surface area contributed by atoms with Crippen molar-refractivity contribution in [2.75, 3.05) is 17.7 Å². The van der Waals surface area contributed by atoms with Crippen molar-refractivity contribution in [1.29, 1.82) is 0 Å². The summed E-state index contributed by atoms with van der Waals surface area (Å²) in [4.78, 5) is 21.4. The second-order valence-corrected chi connectivity index (χ2v) is 8.07. The Morgan fingerprint density at radius 1 is 1.32 bits per heavy atom. The maximum atomic E-state index is 13.1. The molecule has 0 unspecified atom stereocenters. The summed E-state index contributed by atoms with van der Waals surface area (Å²) in [7, 11) is 0. The number of nitrogen functional groups attached to an aromatic ring is 1. The lowest BCUT2D eigenvalue weighted by atomic mass is 9.93. The molecule has 2 heterocycles. The van der Waals surface area contributed by atoms with Crippen LogP contribution in [0.2, 0.25) is 0 Å². The molecule has 0 amide bonds. The number of anilines is 2. The minimum absolute atomic E-state index is 0.0988. The number of allylic oxidation sites excluding steroid dienone is 3. The highest BCUT2D eigenvalue weighted by molar-refractivity contribution is 6.14. The summed E-state index contributed by atoms with van der Waals surface area (Å²) in [5.74, 6) is 0.135. The Labute approximate surface area is 197 Å². The SMILES string of the molecule is CCn1c(=O)c(CNc2ncnc(N)c2C(=[NH2+])/C(=C/C(O)=C\CF)C(C)C)cc2ccccc21. The molecule has 0 bridgehead atoms. The largest absolute Gasteiger partial charge is 0.508 e. The van der Waals surface area contributed by atoms with Crippen LogP contribution in [0.1, 0.15) is 31.9 Å². The Morgan fingerprint density at radius 2 is 2.06 bits per heavy atom. The molecule has 8 nitrogen and oxygen atoms in total. The smallest absolute Gasteiger partial charge is 0.256 e. The summed E-state index contributed by atoms with van der Waals surface area (Å²) < 4.78 is 14.3. The second kappa shape index (κ2) is 10.7. The number of halogens is 1. The Hall–Kier alpha value is -4.01. The van der Waals surface area contributed by atoms with Crippen LogP contribution in [0.4, 0.5) is 16.0 Å². The zero-order valence-corrected chi connectivity index (χ0v) is 19.5. The minimum Gasteiger partial charge on any atom is -0.508 e. The van der Waals surface area contributed by atoms with Crippen molar-refractivity contribution in [3.05, 3.63) is 81.6 Å². The van der Waals surface area contributed by atoms with Crippen molar-refractivity contribution in [2.45, 2.75) is 33.9 Å². The lowest BCUT2D eigenvalue weighted by Crippen LogP contribution is -2.43. The molecule has 2 aromatic heterocycles. The van der Waals surface area contributed by atoms with Crippen LogP contribution in [0.5, 0.6) is 0 Å². The van der Waals surface area contributed by atoms with Gasteiger partial charge in [-0.15, -0.1) is 0 Å². The average molecular weight is 466 g/mol. The van der Waals surface area contributed by atoms with Crippen molar-refractivity contribution >= 4 is 28.3 Å². The predicted octanol–water partition coefficient (Wildman–Crippen LogP) is 2.55. The fourth-order valence-corrected chi connectivity index (χ4v) is 3.80. The molecular formula is C25H30FN6O2+. The summed E-state index contributed by atoms with van der Waals surface area (Å²) in [5, 5.41) is 20.6. The summed E-state index contributed by atoms with van der Waals surface area (Å²) in [5.41, 5.74) is 8.63. The molecule has 9 heteroatoms.